The summed E-state index contributed by atoms with van der Waals surface area (Å²) >= 11 is 1.13. The monoisotopic (exact) mass is 335 g/mol. The van der Waals surface area contributed by atoms with Crippen LogP contribution in [0, 0.1) is 0 Å². The van der Waals surface area contributed by atoms with Crippen LogP contribution >= 0.6 is 11.3 Å². The van der Waals surface area contributed by atoms with Gasteiger partial charge in [-0.15, -0.1) is 11.3 Å². The van der Waals surface area contributed by atoms with Crippen molar-refractivity contribution in [3.8, 4) is 0 Å². The first-order chi connectivity index (χ1) is 10.8. The third-order valence-corrected chi connectivity index (χ3v) is 5.25. The second kappa shape index (κ2) is 5.16. The van der Waals surface area contributed by atoms with Crippen LogP contribution in [0.3, 0.4) is 0 Å². The molecule has 0 unspecified atom stereocenters. The number of nitrogens with zero attached hydrogens (tertiary/aromatic N) is 2. The molecule has 0 spiro atoms. The summed E-state index contributed by atoms with van der Waals surface area (Å²) in [6, 6.07) is 0. The zero-order valence-electron chi connectivity index (χ0n) is 12.9. The standard InChI is InChI=1S/C15H17N3O4S/c1-3-6-17-9(19)4-5-15(2,14(17)22)18-12(20)8-7-23-11(16)10(8)13(18)21/h7H,3-6,16H2,1-2H3/t15-/m1/s1. The highest BCUT2D eigenvalue weighted by atomic mass is 32.1. The van der Waals surface area contributed by atoms with Gasteiger partial charge in [0.15, 0.2) is 0 Å². The summed E-state index contributed by atoms with van der Waals surface area (Å²) in [4.78, 5) is 52.2. The molecular formula is C15H17N3O4S. The van der Waals surface area contributed by atoms with Crippen molar-refractivity contribution in [2.24, 2.45) is 0 Å². The maximum absolute atomic E-state index is 12.8. The van der Waals surface area contributed by atoms with Gasteiger partial charge >= 0.3 is 0 Å². The Morgan fingerprint density at radius 1 is 1.26 bits per heavy atom. The number of fused-ring (bicyclic) bond motifs is 1. The average molecular weight is 335 g/mol. The molecule has 0 saturated carbocycles. The van der Waals surface area contributed by atoms with Crippen LogP contribution in [-0.2, 0) is 9.59 Å². The summed E-state index contributed by atoms with van der Waals surface area (Å²) in [7, 11) is 0. The first-order valence-electron chi connectivity index (χ1n) is 7.43. The van der Waals surface area contributed by atoms with Gasteiger partial charge in [-0.05, 0) is 19.8 Å². The number of nitrogens with two attached hydrogens (primary N) is 1. The molecule has 4 amide bonds. The Hall–Kier alpha value is -2.22. The first kappa shape index (κ1) is 15.7. The van der Waals surface area contributed by atoms with Crippen molar-refractivity contribution in [2.75, 3.05) is 12.3 Å². The SMILES string of the molecule is CCCN1C(=O)CC[C@@](C)(N2C(=O)c3csc(N)c3C2=O)C1=O. The minimum atomic E-state index is -1.35. The molecule has 2 N–H and O–H groups in total. The normalized spacial score (nSPS) is 24.6. The molecule has 0 bridgehead atoms. The van der Waals surface area contributed by atoms with Crippen LogP contribution in [0.5, 0.6) is 0 Å². The number of anilines is 1. The molecule has 1 aromatic heterocycles. The van der Waals surface area contributed by atoms with E-state index in [0.29, 0.717) is 6.42 Å². The van der Waals surface area contributed by atoms with E-state index in [4.69, 9.17) is 5.73 Å². The summed E-state index contributed by atoms with van der Waals surface area (Å²) in [5.74, 6) is -1.82. The average Bonchev–Trinajstić information content (AvgIpc) is 3.00. The molecule has 1 saturated heterocycles. The van der Waals surface area contributed by atoms with Crippen molar-refractivity contribution in [3.63, 3.8) is 0 Å². The number of likely N-dealkylation sites (tertiary alicyclic amines) is 1. The van der Waals surface area contributed by atoms with Crippen molar-refractivity contribution in [3.05, 3.63) is 16.5 Å². The fraction of sp³-hybridized carbons (Fsp3) is 0.467. The Morgan fingerprint density at radius 2 is 1.96 bits per heavy atom. The second-order valence-electron chi connectivity index (χ2n) is 5.96. The minimum absolute atomic E-state index is 0.127. The summed E-state index contributed by atoms with van der Waals surface area (Å²) in [5.41, 5.74) is 4.85. The molecule has 0 radical (unpaired) electrons. The summed E-state index contributed by atoms with van der Waals surface area (Å²) in [6.07, 6.45) is 0.882. The van der Waals surface area contributed by atoms with Crippen LogP contribution in [0.15, 0.2) is 5.38 Å². The van der Waals surface area contributed by atoms with Crippen LogP contribution < -0.4 is 5.73 Å². The zero-order valence-corrected chi connectivity index (χ0v) is 13.7. The topological polar surface area (TPSA) is 101 Å². The fourth-order valence-electron chi connectivity index (χ4n) is 3.18. The van der Waals surface area contributed by atoms with E-state index in [1.165, 1.54) is 5.38 Å². The largest absolute Gasteiger partial charge is 0.390 e. The summed E-state index contributed by atoms with van der Waals surface area (Å²) in [5, 5.41) is 1.81. The van der Waals surface area contributed by atoms with Gasteiger partial charge in [0.05, 0.1) is 16.1 Å². The van der Waals surface area contributed by atoms with Crippen LogP contribution in [0.2, 0.25) is 0 Å². The summed E-state index contributed by atoms with van der Waals surface area (Å²) in [6.45, 7) is 3.69. The molecule has 1 fully saturated rings. The predicted molar refractivity (Wildman–Crippen MR) is 83.9 cm³/mol. The van der Waals surface area contributed by atoms with Crippen LogP contribution in [-0.4, -0.2) is 45.5 Å². The Balaban J connectivity index is 2.01. The van der Waals surface area contributed by atoms with Gasteiger partial charge in [-0.2, -0.15) is 0 Å². The minimum Gasteiger partial charge on any atom is -0.390 e. The Bertz CT molecular complexity index is 741. The Kier molecular flexibility index (Phi) is 3.51. The highest BCUT2D eigenvalue weighted by Crippen LogP contribution is 2.40. The molecule has 7 nitrogen and oxygen atoms in total. The van der Waals surface area contributed by atoms with Crippen LogP contribution in [0.25, 0.3) is 0 Å². The number of imide groups is 2. The molecule has 122 valence electrons. The Morgan fingerprint density at radius 3 is 2.57 bits per heavy atom. The third kappa shape index (κ3) is 2.01. The van der Waals surface area contributed by atoms with E-state index < -0.39 is 23.3 Å². The molecule has 3 rings (SSSR count). The number of nitrogen functional groups attached to an aromatic ring is 1. The van der Waals surface area contributed by atoms with Gasteiger partial charge in [0, 0.05) is 18.3 Å². The van der Waals surface area contributed by atoms with Crippen molar-refractivity contribution in [2.45, 2.75) is 38.6 Å². The quantitative estimate of drug-likeness (QED) is 0.838. The van der Waals surface area contributed by atoms with Crippen molar-refractivity contribution >= 4 is 40.0 Å². The lowest BCUT2D eigenvalue weighted by molar-refractivity contribution is -0.156. The number of hydrogen-bond donors (Lipinski definition) is 1. The number of carbonyl (C=O) groups is 4. The van der Waals surface area contributed by atoms with Gasteiger partial charge in [-0.3, -0.25) is 29.0 Å². The molecule has 23 heavy (non-hydrogen) atoms. The van der Waals surface area contributed by atoms with Gasteiger partial charge < -0.3 is 5.73 Å². The molecule has 2 aliphatic heterocycles. The fourth-order valence-corrected chi connectivity index (χ4v) is 3.96. The number of rotatable bonds is 3. The lowest BCUT2D eigenvalue weighted by atomic mass is 9.87. The Labute approximate surface area is 137 Å². The smallest absolute Gasteiger partial charge is 0.265 e. The third-order valence-electron chi connectivity index (χ3n) is 4.44. The van der Waals surface area contributed by atoms with Crippen LogP contribution in [0.1, 0.15) is 53.8 Å². The van der Waals surface area contributed by atoms with E-state index in [0.717, 1.165) is 21.1 Å². The number of carbonyl (C=O) groups excluding carboxylic acids is 4. The van der Waals surface area contributed by atoms with E-state index in [-0.39, 0.29) is 41.4 Å². The zero-order chi connectivity index (χ0) is 16.9. The molecule has 0 aromatic carbocycles. The molecule has 1 atom stereocenters. The van der Waals surface area contributed by atoms with Crippen LogP contribution in [0.4, 0.5) is 5.00 Å². The highest BCUT2D eigenvalue weighted by molar-refractivity contribution is 7.14. The van der Waals surface area contributed by atoms with E-state index >= 15 is 0 Å². The number of amides is 4. The highest BCUT2D eigenvalue weighted by Gasteiger charge is 2.55. The molecule has 3 heterocycles. The maximum atomic E-state index is 12.8. The maximum Gasteiger partial charge on any atom is 0.265 e. The number of hydrogen-bond acceptors (Lipinski definition) is 6. The van der Waals surface area contributed by atoms with Crippen molar-refractivity contribution in [1.29, 1.82) is 0 Å². The van der Waals surface area contributed by atoms with Crippen molar-refractivity contribution in [1.82, 2.24) is 9.80 Å². The van der Waals surface area contributed by atoms with Gasteiger partial charge in [0.2, 0.25) is 5.91 Å². The van der Waals surface area contributed by atoms with Gasteiger partial charge in [-0.1, -0.05) is 6.92 Å². The van der Waals surface area contributed by atoms with E-state index in [2.05, 4.69) is 0 Å². The first-order valence-corrected chi connectivity index (χ1v) is 8.31. The van der Waals surface area contributed by atoms with E-state index in [9.17, 15) is 19.2 Å². The van der Waals surface area contributed by atoms with Crippen molar-refractivity contribution < 1.29 is 19.2 Å². The molecule has 2 aliphatic rings. The van der Waals surface area contributed by atoms with E-state index in [1.54, 1.807) is 6.92 Å². The molecule has 1 aromatic rings. The predicted octanol–water partition coefficient (Wildman–Crippen LogP) is 1.24. The van der Waals surface area contributed by atoms with Gasteiger partial charge in [0.25, 0.3) is 17.7 Å². The second-order valence-corrected chi connectivity index (χ2v) is 6.87. The number of piperidine rings is 1. The van der Waals surface area contributed by atoms with Gasteiger partial charge in [0.1, 0.15) is 5.54 Å². The molecular weight excluding hydrogens is 318 g/mol. The summed E-state index contributed by atoms with van der Waals surface area (Å²) < 4.78 is 0. The lowest BCUT2D eigenvalue weighted by Crippen LogP contribution is -2.64. The lowest BCUT2D eigenvalue weighted by Gasteiger charge is -2.42. The number of thiophene rings is 1. The molecule has 8 heteroatoms. The van der Waals surface area contributed by atoms with E-state index in [1.807, 2.05) is 6.92 Å². The molecule has 0 aliphatic carbocycles. The van der Waals surface area contributed by atoms with Gasteiger partial charge in [-0.25, -0.2) is 0 Å².